The maximum absolute atomic E-state index is 2.37. The van der Waals surface area contributed by atoms with Crippen LogP contribution in [0, 0.1) is 13.8 Å². The van der Waals surface area contributed by atoms with Gasteiger partial charge < -0.3 is 0 Å². The monoisotopic (exact) mass is 590 g/mol. The van der Waals surface area contributed by atoms with Crippen molar-refractivity contribution in [2.75, 3.05) is 24.6 Å². The number of unbranched alkanes of at least 4 members (excludes halogenated alkanes) is 20. The molecule has 41 heavy (non-hydrogen) atoms. The highest BCUT2D eigenvalue weighted by Gasteiger charge is 2.34. The van der Waals surface area contributed by atoms with Gasteiger partial charge in [-0.2, -0.15) is 0 Å². The summed E-state index contributed by atoms with van der Waals surface area (Å²) in [6, 6.07) is 8.36. The highest BCUT2D eigenvalue weighted by Crippen LogP contribution is 2.61. The second kappa shape index (κ2) is 31.1. The Labute approximate surface area is 262 Å². The van der Waals surface area contributed by atoms with E-state index in [2.05, 4.69) is 65.8 Å². The first-order valence-corrected chi connectivity index (χ1v) is 21.5. The predicted molar refractivity (Wildman–Crippen MR) is 196 cm³/mol. The standard InChI is InChI=1S/C32H68P.C8H10/c1-5-9-13-17-18-19-20-21-22-23-24-28-32-33(29-25-14-10-6-2,30-26-15-11-7-3)31-27-16-12-8-4;1-7-5-3-4-6-8(7)2/h5-32H2,1-4H3;3-6H,1-2H3/q+1;. The van der Waals surface area contributed by atoms with Crippen LogP contribution in [0.5, 0.6) is 0 Å². The van der Waals surface area contributed by atoms with E-state index in [9.17, 15) is 0 Å². The van der Waals surface area contributed by atoms with Crippen molar-refractivity contribution in [3.63, 3.8) is 0 Å². The van der Waals surface area contributed by atoms with Gasteiger partial charge in [-0.3, -0.25) is 0 Å². The third kappa shape index (κ3) is 25.8. The molecule has 0 N–H and O–H groups in total. The van der Waals surface area contributed by atoms with Gasteiger partial charge in [0.25, 0.3) is 0 Å². The van der Waals surface area contributed by atoms with Crippen LogP contribution in [0.25, 0.3) is 0 Å². The quantitative estimate of drug-likeness (QED) is 0.0673. The summed E-state index contributed by atoms with van der Waals surface area (Å²) in [7, 11) is -0.697. The molecule has 1 rings (SSSR count). The van der Waals surface area contributed by atoms with E-state index >= 15 is 0 Å². The van der Waals surface area contributed by atoms with Crippen LogP contribution in [0.3, 0.4) is 0 Å². The molecule has 0 radical (unpaired) electrons. The molecule has 0 aliphatic carbocycles. The van der Waals surface area contributed by atoms with E-state index in [0.717, 1.165) is 0 Å². The summed E-state index contributed by atoms with van der Waals surface area (Å²) < 4.78 is 0. The molecule has 0 aromatic heterocycles. The zero-order chi connectivity index (χ0) is 30.3. The van der Waals surface area contributed by atoms with Crippen molar-refractivity contribution in [3.8, 4) is 0 Å². The maximum atomic E-state index is 2.37. The fourth-order valence-electron chi connectivity index (χ4n) is 6.24. The number of hydrogen-bond acceptors (Lipinski definition) is 0. The number of hydrogen-bond donors (Lipinski definition) is 0. The summed E-state index contributed by atoms with van der Waals surface area (Å²) in [6.07, 6.45) is 42.1. The lowest BCUT2D eigenvalue weighted by Gasteiger charge is -2.28. The summed E-state index contributed by atoms with van der Waals surface area (Å²) in [5.41, 5.74) is 2.74. The van der Waals surface area contributed by atoms with Crippen LogP contribution in [-0.4, -0.2) is 24.6 Å². The zero-order valence-corrected chi connectivity index (χ0v) is 30.5. The van der Waals surface area contributed by atoms with Gasteiger partial charge in [0, 0.05) is 7.26 Å². The van der Waals surface area contributed by atoms with Crippen molar-refractivity contribution in [1.29, 1.82) is 0 Å². The Morgan fingerprint density at radius 3 is 0.805 bits per heavy atom. The van der Waals surface area contributed by atoms with Gasteiger partial charge in [0.1, 0.15) is 0 Å². The van der Waals surface area contributed by atoms with E-state index in [1.165, 1.54) is 140 Å². The summed E-state index contributed by atoms with van der Waals surface area (Å²) in [4.78, 5) is 0. The Balaban J connectivity index is 0.00000170. The van der Waals surface area contributed by atoms with Crippen molar-refractivity contribution in [2.24, 2.45) is 0 Å². The smallest absolute Gasteiger partial charge is 0.0594 e. The summed E-state index contributed by atoms with van der Waals surface area (Å²) in [6.45, 7) is 13.7. The topological polar surface area (TPSA) is 0 Å². The van der Waals surface area contributed by atoms with Crippen molar-refractivity contribution in [3.05, 3.63) is 35.4 Å². The lowest BCUT2D eigenvalue weighted by Crippen LogP contribution is -2.13. The van der Waals surface area contributed by atoms with Crippen molar-refractivity contribution >= 4 is 7.26 Å². The molecule has 0 nitrogen and oxygen atoms in total. The third-order valence-electron chi connectivity index (χ3n) is 9.37. The molecule has 1 heteroatoms. The van der Waals surface area contributed by atoms with Crippen LogP contribution in [0.15, 0.2) is 24.3 Å². The molecule has 0 bridgehead atoms. The molecule has 0 unspecified atom stereocenters. The first kappa shape index (κ1) is 40.6. The van der Waals surface area contributed by atoms with Gasteiger partial charge >= 0.3 is 0 Å². The van der Waals surface area contributed by atoms with Gasteiger partial charge in [0.05, 0.1) is 24.6 Å². The minimum Gasteiger partial charge on any atom is -0.0654 e. The fraction of sp³-hybridized carbons (Fsp3) is 0.850. The number of aryl methyl sites for hydroxylation is 2. The van der Waals surface area contributed by atoms with Crippen LogP contribution in [-0.2, 0) is 0 Å². The molecule has 0 aliphatic rings. The van der Waals surface area contributed by atoms with Crippen molar-refractivity contribution in [2.45, 2.75) is 196 Å². The molecule has 242 valence electrons. The van der Waals surface area contributed by atoms with E-state index in [1.807, 2.05) is 0 Å². The molecule has 0 fully saturated rings. The van der Waals surface area contributed by atoms with Crippen LogP contribution >= 0.6 is 7.26 Å². The first-order chi connectivity index (χ1) is 20.0. The van der Waals surface area contributed by atoms with E-state index in [-0.39, 0.29) is 0 Å². The zero-order valence-electron chi connectivity index (χ0n) is 29.6. The number of rotatable bonds is 28. The van der Waals surface area contributed by atoms with E-state index in [0.29, 0.717) is 0 Å². The molecule has 1 aromatic rings. The van der Waals surface area contributed by atoms with Gasteiger partial charge in [0.15, 0.2) is 0 Å². The highest BCUT2D eigenvalue weighted by molar-refractivity contribution is 7.75. The van der Waals surface area contributed by atoms with Crippen LogP contribution in [0.4, 0.5) is 0 Å². The Hall–Kier alpha value is -0.350. The molecular formula is C40H78P+. The van der Waals surface area contributed by atoms with Crippen LogP contribution in [0.1, 0.15) is 193 Å². The highest BCUT2D eigenvalue weighted by atomic mass is 31.2. The molecule has 0 heterocycles. The minimum atomic E-state index is -0.697. The molecule has 0 saturated carbocycles. The Morgan fingerprint density at radius 1 is 0.341 bits per heavy atom. The SMILES string of the molecule is CCCCCCCCCCCCCC[P+](CCCCCC)(CCCCCC)CCCCCC.Cc1ccccc1C. The summed E-state index contributed by atoms with van der Waals surface area (Å²) in [5, 5.41) is 0. The minimum absolute atomic E-state index is 0.697. The van der Waals surface area contributed by atoms with Crippen molar-refractivity contribution in [1.82, 2.24) is 0 Å². The maximum Gasteiger partial charge on any atom is 0.0594 e. The number of benzene rings is 1. The third-order valence-corrected chi connectivity index (χ3v) is 14.4. The first-order valence-electron chi connectivity index (χ1n) is 18.9. The second-order valence-corrected chi connectivity index (χ2v) is 17.9. The molecule has 0 saturated heterocycles. The Kier molecular flexibility index (Phi) is 30.8. The van der Waals surface area contributed by atoms with Gasteiger partial charge in [-0.25, -0.2) is 0 Å². The molecule has 1 aromatic carbocycles. The molecule has 0 spiro atoms. The Morgan fingerprint density at radius 2 is 0.561 bits per heavy atom. The average Bonchev–Trinajstić information content (AvgIpc) is 2.98. The lowest BCUT2D eigenvalue weighted by atomic mass is 10.1. The molecule has 0 atom stereocenters. The largest absolute Gasteiger partial charge is 0.0654 e. The summed E-state index contributed by atoms with van der Waals surface area (Å²) in [5.74, 6) is 0. The molecule has 0 aliphatic heterocycles. The van der Waals surface area contributed by atoms with E-state index in [1.54, 1.807) is 50.3 Å². The molecular weight excluding hydrogens is 511 g/mol. The predicted octanol–water partition coefficient (Wildman–Crippen LogP) is 14.7. The van der Waals surface area contributed by atoms with Crippen molar-refractivity contribution < 1.29 is 0 Å². The van der Waals surface area contributed by atoms with E-state index in [4.69, 9.17) is 0 Å². The van der Waals surface area contributed by atoms with Gasteiger partial charge in [-0.1, -0.05) is 155 Å². The Bertz CT molecular complexity index is 583. The van der Waals surface area contributed by atoms with Gasteiger partial charge in [-0.05, 0) is 76.3 Å². The average molecular weight is 590 g/mol. The lowest BCUT2D eigenvalue weighted by molar-refractivity contribution is 0.548. The fourth-order valence-corrected chi connectivity index (χ4v) is 11.2. The summed E-state index contributed by atoms with van der Waals surface area (Å²) >= 11 is 0. The van der Waals surface area contributed by atoms with Gasteiger partial charge in [0.2, 0.25) is 0 Å². The molecule has 0 amide bonds. The normalized spacial score (nSPS) is 11.5. The van der Waals surface area contributed by atoms with Crippen LogP contribution < -0.4 is 0 Å². The van der Waals surface area contributed by atoms with E-state index < -0.39 is 7.26 Å². The second-order valence-electron chi connectivity index (χ2n) is 13.4. The van der Waals surface area contributed by atoms with Crippen LogP contribution in [0.2, 0.25) is 0 Å². The van der Waals surface area contributed by atoms with Gasteiger partial charge in [-0.15, -0.1) is 0 Å².